The molecule has 2 N–H and O–H groups in total. The first kappa shape index (κ1) is 20.8. The van der Waals surface area contributed by atoms with Crippen LogP contribution in [0.5, 0.6) is 5.75 Å². The maximum absolute atomic E-state index is 5.81. The number of benzene rings is 2. The van der Waals surface area contributed by atoms with E-state index in [-0.39, 0.29) is 6.04 Å². The lowest BCUT2D eigenvalue weighted by molar-refractivity contribution is 0.261. The van der Waals surface area contributed by atoms with Crippen molar-refractivity contribution in [3.05, 3.63) is 65.7 Å². The van der Waals surface area contributed by atoms with Gasteiger partial charge in [0.1, 0.15) is 12.4 Å². The lowest BCUT2D eigenvalue weighted by Crippen LogP contribution is -2.38. The predicted octanol–water partition coefficient (Wildman–Crippen LogP) is 3.44. The highest BCUT2D eigenvalue weighted by Gasteiger charge is 2.07. The van der Waals surface area contributed by atoms with Crippen LogP contribution in [0.4, 0.5) is 0 Å². The van der Waals surface area contributed by atoms with Crippen molar-refractivity contribution in [2.75, 3.05) is 33.8 Å². The van der Waals surface area contributed by atoms with Crippen LogP contribution in [0.2, 0.25) is 0 Å². The summed E-state index contributed by atoms with van der Waals surface area (Å²) in [6.45, 7) is 7.21. The first-order valence-corrected chi connectivity index (χ1v) is 9.54. The predicted molar refractivity (Wildman–Crippen MR) is 113 cm³/mol. The van der Waals surface area contributed by atoms with Gasteiger partial charge in [0.25, 0.3) is 0 Å². The highest BCUT2D eigenvalue weighted by atomic mass is 16.5. The molecule has 0 saturated carbocycles. The molecule has 0 spiro atoms. The van der Waals surface area contributed by atoms with Crippen LogP contribution < -0.4 is 15.4 Å². The molecule has 5 heteroatoms. The summed E-state index contributed by atoms with van der Waals surface area (Å²) in [4.78, 5) is 6.84. The van der Waals surface area contributed by atoms with Gasteiger partial charge in [0.15, 0.2) is 5.96 Å². The first-order valence-electron chi connectivity index (χ1n) is 9.54. The van der Waals surface area contributed by atoms with Crippen molar-refractivity contribution in [1.82, 2.24) is 15.5 Å². The van der Waals surface area contributed by atoms with Crippen LogP contribution in [-0.2, 0) is 6.54 Å². The quantitative estimate of drug-likeness (QED) is 0.526. The Bertz CT molecular complexity index is 700. The fourth-order valence-electron chi connectivity index (χ4n) is 2.60. The van der Waals surface area contributed by atoms with E-state index in [4.69, 9.17) is 9.73 Å². The molecule has 0 aliphatic rings. The molecule has 0 fully saturated rings. The van der Waals surface area contributed by atoms with Gasteiger partial charge in [-0.25, -0.2) is 4.99 Å². The van der Waals surface area contributed by atoms with Crippen molar-refractivity contribution in [2.24, 2.45) is 4.99 Å². The number of ether oxygens (including phenoxy) is 1. The van der Waals surface area contributed by atoms with E-state index in [1.807, 2.05) is 32.3 Å². The normalized spacial score (nSPS) is 12.7. The van der Waals surface area contributed by atoms with E-state index in [1.54, 1.807) is 0 Å². The minimum Gasteiger partial charge on any atom is -0.492 e. The summed E-state index contributed by atoms with van der Waals surface area (Å²) in [6, 6.07) is 18.7. The molecule has 0 heterocycles. The SMILES string of the molecule is CCNC(=NCc1cccc(OCCN(C)C)c1)NC(C)c1ccccc1. The van der Waals surface area contributed by atoms with Crippen LogP contribution in [0.1, 0.15) is 31.0 Å². The highest BCUT2D eigenvalue weighted by molar-refractivity contribution is 5.80. The maximum Gasteiger partial charge on any atom is 0.192 e. The average molecular weight is 369 g/mol. The van der Waals surface area contributed by atoms with E-state index in [2.05, 4.69) is 65.8 Å². The largest absolute Gasteiger partial charge is 0.492 e. The zero-order valence-electron chi connectivity index (χ0n) is 16.9. The highest BCUT2D eigenvalue weighted by Crippen LogP contribution is 2.15. The molecule has 0 amide bonds. The molecule has 2 aromatic rings. The van der Waals surface area contributed by atoms with E-state index in [1.165, 1.54) is 5.56 Å². The number of hydrogen-bond donors (Lipinski definition) is 2. The molecule has 0 aliphatic heterocycles. The second kappa shape index (κ2) is 11.2. The van der Waals surface area contributed by atoms with Gasteiger partial charge in [-0.15, -0.1) is 0 Å². The monoisotopic (exact) mass is 368 g/mol. The van der Waals surface area contributed by atoms with Crippen LogP contribution in [0, 0.1) is 0 Å². The number of guanidine groups is 1. The van der Waals surface area contributed by atoms with Crippen molar-refractivity contribution in [1.29, 1.82) is 0 Å². The Kier molecular flexibility index (Phi) is 8.65. The van der Waals surface area contributed by atoms with Crippen molar-refractivity contribution in [2.45, 2.75) is 26.4 Å². The van der Waals surface area contributed by atoms with Crippen molar-refractivity contribution < 1.29 is 4.74 Å². The smallest absolute Gasteiger partial charge is 0.192 e. The molecule has 146 valence electrons. The van der Waals surface area contributed by atoms with Crippen LogP contribution >= 0.6 is 0 Å². The Morgan fingerprint density at radius 1 is 1.11 bits per heavy atom. The maximum atomic E-state index is 5.81. The Balaban J connectivity index is 1.97. The Labute approximate surface area is 163 Å². The van der Waals surface area contributed by atoms with E-state index in [9.17, 15) is 0 Å². The van der Waals surface area contributed by atoms with Gasteiger partial charge < -0.3 is 20.3 Å². The van der Waals surface area contributed by atoms with Gasteiger partial charge in [-0.05, 0) is 51.2 Å². The van der Waals surface area contributed by atoms with E-state index in [0.717, 1.165) is 30.4 Å². The number of likely N-dealkylation sites (N-methyl/N-ethyl adjacent to an activating group) is 1. The summed E-state index contributed by atoms with van der Waals surface area (Å²) in [7, 11) is 4.08. The van der Waals surface area contributed by atoms with E-state index >= 15 is 0 Å². The van der Waals surface area contributed by atoms with Crippen LogP contribution in [0.15, 0.2) is 59.6 Å². The first-order chi connectivity index (χ1) is 13.1. The second-order valence-electron chi connectivity index (χ2n) is 6.77. The van der Waals surface area contributed by atoms with Crippen molar-refractivity contribution >= 4 is 5.96 Å². The number of rotatable bonds is 9. The summed E-state index contributed by atoms with van der Waals surface area (Å²) in [5.41, 5.74) is 2.36. The summed E-state index contributed by atoms with van der Waals surface area (Å²) < 4.78 is 5.81. The van der Waals surface area contributed by atoms with E-state index in [0.29, 0.717) is 13.2 Å². The standard InChI is InChI=1S/C22H32N4O/c1-5-23-22(25-18(2)20-11-7-6-8-12-20)24-17-19-10-9-13-21(16-19)27-15-14-26(3)4/h6-13,16,18H,5,14-15,17H2,1-4H3,(H2,23,24,25). The van der Waals surface area contributed by atoms with Gasteiger partial charge in [-0.2, -0.15) is 0 Å². The molecule has 5 nitrogen and oxygen atoms in total. The van der Waals surface area contributed by atoms with Crippen LogP contribution in [0.25, 0.3) is 0 Å². The lowest BCUT2D eigenvalue weighted by atomic mass is 10.1. The summed E-state index contributed by atoms with van der Waals surface area (Å²) >= 11 is 0. The van der Waals surface area contributed by atoms with Gasteiger partial charge in [0.05, 0.1) is 12.6 Å². The van der Waals surface area contributed by atoms with Crippen LogP contribution in [0.3, 0.4) is 0 Å². The third-order valence-corrected chi connectivity index (χ3v) is 4.12. The molecule has 2 aromatic carbocycles. The minimum atomic E-state index is 0.185. The minimum absolute atomic E-state index is 0.185. The molecule has 1 unspecified atom stereocenters. The van der Waals surface area contributed by atoms with Gasteiger partial charge in [0.2, 0.25) is 0 Å². The molecule has 0 saturated heterocycles. The second-order valence-corrected chi connectivity index (χ2v) is 6.77. The Hall–Kier alpha value is -2.53. The Morgan fingerprint density at radius 3 is 2.59 bits per heavy atom. The molecule has 0 aliphatic carbocycles. The van der Waals surface area contributed by atoms with Crippen LogP contribution in [-0.4, -0.2) is 44.7 Å². The molecule has 2 rings (SSSR count). The zero-order chi connectivity index (χ0) is 19.5. The van der Waals surface area contributed by atoms with Crippen molar-refractivity contribution in [3.8, 4) is 5.75 Å². The van der Waals surface area contributed by atoms with Gasteiger partial charge in [-0.1, -0.05) is 42.5 Å². The fraction of sp³-hybridized carbons (Fsp3) is 0.409. The van der Waals surface area contributed by atoms with Gasteiger partial charge in [-0.3, -0.25) is 0 Å². The molecular formula is C22H32N4O. The summed E-state index contributed by atoms with van der Waals surface area (Å²) in [5.74, 6) is 1.70. The molecule has 0 bridgehead atoms. The lowest BCUT2D eigenvalue weighted by Gasteiger charge is -2.18. The van der Waals surface area contributed by atoms with Crippen molar-refractivity contribution in [3.63, 3.8) is 0 Å². The third-order valence-electron chi connectivity index (χ3n) is 4.12. The average Bonchev–Trinajstić information content (AvgIpc) is 2.67. The number of nitrogens with zero attached hydrogens (tertiary/aromatic N) is 2. The summed E-state index contributed by atoms with van der Waals surface area (Å²) in [5, 5.41) is 6.78. The van der Waals surface area contributed by atoms with Gasteiger partial charge in [0, 0.05) is 13.1 Å². The number of aliphatic imine (C=N–C) groups is 1. The topological polar surface area (TPSA) is 48.9 Å². The Morgan fingerprint density at radius 2 is 1.89 bits per heavy atom. The molecule has 0 aromatic heterocycles. The third kappa shape index (κ3) is 7.71. The molecule has 27 heavy (non-hydrogen) atoms. The fourth-order valence-corrected chi connectivity index (χ4v) is 2.60. The molecule has 0 radical (unpaired) electrons. The number of nitrogens with one attached hydrogen (secondary N) is 2. The van der Waals surface area contributed by atoms with Gasteiger partial charge >= 0.3 is 0 Å². The number of hydrogen-bond acceptors (Lipinski definition) is 3. The molecular weight excluding hydrogens is 336 g/mol. The molecule has 1 atom stereocenters. The van der Waals surface area contributed by atoms with E-state index < -0.39 is 0 Å². The summed E-state index contributed by atoms with van der Waals surface area (Å²) in [6.07, 6.45) is 0. The zero-order valence-corrected chi connectivity index (χ0v) is 16.9.